The number of rotatable bonds is 10. The molecule has 0 aromatic heterocycles. The molecule has 2 aromatic carbocycles. The van der Waals surface area contributed by atoms with Crippen molar-refractivity contribution >= 4 is 5.97 Å². The Hall–Kier alpha value is -3.19. The van der Waals surface area contributed by atoms with Crippen LogP contribution in [0.2, 0.25) is 0 Å². The molecule has 0 aliphatic heterocycles. The van der Waals surface area contributed by atoms with Gasteiger partial charge < -0.3 is 14.2 Å². The van der Waals surface area contributed by atoms with Gasteiger partial charge in [0, 0.05) is 16.7 Å². The Balaban J connectivity index is 1.63. The van der Waals surface area contributed by atoms with E-state index in [1.807, 2.05) is 48.5 Å². The highest BCUT2D eigenvalue weighted by Gasteiger charge is 2.02. The van der Waals surface area contributed by atoms with Crippen molar-refractivity contribution in [2.75, 3.05) is 20.3 Å². The van der Waals surface area contributed by atoms with Gasteiger partial charge >= 0.3 is 5.97 Å². The minimum absolute atomic E-state index is 0.314. The van der Waals surface area contributed by atoms with Crippen molar-refractivity contribution in [2.45, 2.75) is 32.6 Å². The van der Waals surface area contributed by atoms with Crippen molar-refractivity contribution in [1.82, 2.24) is 0 Å². The number of carbonyl (C=O) groups is 1. The first kappa shape index (κ1) is 22.1. The highest BCUT2D eigenvalue weighted by atomic mass is 16.5. The molecule has 4 nitrogen and oxygen atoms in total. The fourth-order valence-electron chi connectivity index (χ4n) is 2.49. The van der Waals surface area contributed by atoms with Gasteiger partial charge in [0.25, 0.3) is 0 Å². The number of methoxy groups -OCH3 is 1. The average Bonchev–Trinajstić information content (AvgIpc) is 2.75. The van der Waals surface area contributed by atoms with E-state index >= 15 is 0 Å². The van der Waals surface area contributed by atoms with Gasteiger partial charge in [-0.2, -0.15) is 0 Å². The van der Waals surface area contributed by atoms with E-state index in [0.717, 1.165) is 48.3 Å². The van der Waals surface area contributed by atoms with E-state index in [1.54, 1.807) is 14.0 Å². The van der Waals surface area contributed by atoms with Gasteiger partial charge in [0.2, 0.25) is 0 Å². The van der Waals surface area contributed by atoms with Gasteiger partial charge in [0.1, 0.15) is 11.5 Å². The Morgan fingerprint density at radius 1 is 0.828 bits per heavy atom. The molecule has 0 spiro atoms. The fourth-order valence-corrected chi connectivity index (χ4v) is 2.49. The maximum absolute atomic E-state index is 11.2. The first-order chi connectivity index (χ1) is 14.1. The molecule has 0 atom stereocenters. The summed E-state index contributed by atoms with van der Waals surface area (Å²) in [7, 11) is 1.65. The molecule has 0 heterocycles. The highest BCUT2D eigenvalue weighted by molar-refractivity contribution is 5.86. The van der Waals surface area contributed by atoms with Crippen molar-refractivity contribution in [1.29, 1.82) is 0 Å². The van der Waals surface area contributed by atoms with Gasteiger partial charge in [-0.05, 0) is 81.1 Å². The number of carbonyl (C=O) groups excluding carboxylic acids is 1. The third-order valence-electron chi connectivity index (χ3n) is 4.18. The zero-order valence-electron chi connectivity index (χ0n) is 17.2. The Morgan fingerprint density at radius 2 is 1.34 bits per heavy atom. The van der Waals surface area contributed by atoms with Crippen LogP contribution in [0.15, 0.2) is 60.7 Å². The lowest BCUT2D eigenvalue weighted by Crippen LogP contribution is -2.06. The molecular weight excluding hydrogens is 364 g/mol. The number of hydrogen-bond acceptors (Lipinski definition) is 4. The number of benzene rings is 2. The molecule has 0 saturated carbocycles. The van der Waals surface area contributed by atoms with E-state index < -0.39 is 0 Å². The third-order valence-corrected chi connectivity index (χ3v) is 4.18. The van der Waals surface area contributed by atoms with Crippen LogP contribution in [0.3, 0.4) is 0 Å². The summed E-state index contributed by atoms with van der Waals surface area (Å²) in [6.45, 7) is 6.33. The van der Waals surface area contributed by atoms with Crippen LogP contribution in [0, 0.1) is 11.8 Å². The quantitative estimate of drug-likeness (QED) is 0.243. The van der Waals surface area contributed by atoms with E-state index in [-0.39, 0.29) is 5.97 Å². The molecule has 0 saturated heterocycles. The lowest BCUT2D eigenvalue weighted by atomic mass is 10.1. The predicted octanol–water partition coefficient (Wildman–Crippen LogP) is 5.15. The predicted molar refractivity (Wildman–Crippen MR) is 115 cm³/mol. The molecule has 29 heavy (non-hydrogen) atoms. The van der Waals surface area contributed by atoms with Gasteiger partial charge in [-0.25, -0.2) is 4.79 Å². The molecule has 0 bridgehead atoms. The average molecular weight is 392 g/mol. The van der Waals surface area contributed by atoms with Crippen molar-refractivity contribution in [3.8, 4) is 23.3 Å². The maximum Gasteiger partial charge on any atom is 0.333 e. The number of ether oxygens (including phenoxy) is 3. The fraction of sp³-hybridized carbons (Fsp3) is 0.320. The Labute approximate surface area is 173 Å². The second-order valence-corrected chi connectivity index (χ2v) is 6.68. The van der Waals surface area contributed by atoms with Crippen molar-refractivity contribution in [3.05, 3.63) is 71.8 Å². The monoisotopic (exact) mass is 392 g/mol. The molecule has 0 unspecified atom stereocenters. The number of unbranched alkanes of at least 4 members (excludes halogenated alkanes) is 3. The first-order valence-corrected chi connectivity index (χ1v) is 9.80. The van der Waals surface area contributed by atoms with Gasteiger partial charge in [-0.3, -0.25) is 0 Å². The van der Waals surface area contributed by atoms with Crippen LogP contribution in [0.4, 0.5) is 0 Å². The topological polar surface area (TPSA) is 44.8 Å². The van der Waals surface area contributed by atoms with Crippen LogP contribution in [0.1, 0.15) is 43.7 Å². The van der Waals surface area contributed by atoms with Crippen LogP contribution in [0.5, 0.6) is 11.5 Å². The molecule has 0 aliphatic carbocycles. The molecule has 0 aliphatic rings. The molecular formula is C25H28O4. The number of esters is 1. The summed E-state index contributed by atoms with van der Waals surface area (Å²) in [5.74, 6) is 7.64. The van der Waals surface area contributed by atoms with Gasteiger partial charge in [-0.1, -0.05) is 18.4 Å². The van der Waals surface area contributed by atoms with Crippen LogP contribution in [-0.4, -0.2) is 26.3 Å². The van der Waals surface area contributed by atoms with Gasteiger partial charge in [0.15, 0.2) is 0 Å². The van der Waals surface area contributed by atoms with Crippen molar-refractivity contribution in [3.63, 3.8) is 0 Å². The van der Waals surface area contributed by atoms with Gasteiger partial charge in [0.05, 0.1) is 20.3 Å². The van der Waals surface area contributed by atoms with Crippen molar-refractivity contribution < 1.29 is 19.0 Å². The second kappa shape index (κ2) is 12.3. The Kier molecular flexibility index (Phi) is 9.38. The van der Waals surface area contributed by atoms with E-state index in [0.29, 0.717) is 18.8 Å². The minimum atomic E-state index is -0.314. The summed E-state index contributed by atoms with van der Waals surface area (Å²) in [6.07, 6.45) is 3.87. The lowest BCUT2D eigenvalue weighted by molar-refractivity contribution is -0.139. The zero-order chi connectivity index (χ0) is 20.9. The summed E-state index contributed by atoms with van der Waals surface area (Å²) >= 11 is 0. The van der Waals surface area contributed by atoms with Crippen LogP contribution in [-0.2, 0) is 9.53 Å². The van der Waals surface area contributed by atoms with Crippen LogP contribution >= 0.6 is 0 Å². The molecule has 0 fully saturated rings. The van der Waals surface area contributed by atoms with E-state index in [1.165, 1.54) is 0 Å². The van der Waals surface area contributed by atoms with Crippen LogP contribution < -0.4 is 9.47 Å². The highest BCUT2D eigenvalue weighted by Crippen LogP contribution is 2.14. The molecule has 2 aromatic rings. The summed E-state index contributed by atoms with van der Waals surface area (Å²) in [5, 5.41) is 0. The molecule has 0 radical (unpaired) electrons. The Bertz CT molecular complexity index is 839. The summed E-state index contributed by atoms with van der Waals surface area (Å²) in [5.41, 5.74) is 2.33. The Morgan fingerprint density at radius 3 is 1.86 bits per heavy atom. The molecule has 0 amide bonds. The first-order valence-electron chi connectivity index (χ1n) is 9.80. The normalized spacial score (nSPS) is 9.86. The summed E-state index contributed by atoms with van der Waals surface area (Å²) in [4.78, 5) is 11.2. The smallest absolute Gasteiger partial charge is 0.333 e. The van der Waals surface area contributed by atoms with E-state index in [2.05, 4.69) is 18.4 Å². The second-order valence-electron chi connectivity index (χ2n) is 6.68. The zero-order valence-corrected chi connectivity index (χ0v) is 17.2. The summed E-state index contributed by atoms with van der Waals surface area (Å²) in [6, 6.07) is 15.5. The standard InChI is InChI=1S/C25H28O4/c1-20(2)25(26)29-19-7-5-4-6-18-28-24-16-12-22(13-17-24)9-8-21-10-14-23(27-3)15-11-21/h10-17H,1,4-7,18-19H2,2-3H3. The minimum Gasteiger partial charge on any atom is -0.497 e. The largest absolute Gasteiger partial charge is 0.497 e. The van der Waals surface area contributed by atoms with E-state index in [9.17, 15) is 4.79 Å². The number of hydrogen-bond donors (Lipinski definition) is 0. The molecule has 0 N–H and O–H groups in total. The third kappa shape index (κ3) is 8.57. The maximum atomic E-state index is 11.2. The lowest BCUT2D eigenvalue weighted by Gasteiger charge is -2.07. The SMILES string of the molecule is C=C(C)C(=O)OCCCCCCOc1ccc(C#Cc2ccc(OC)cc2)cc1. The van der Waals surface area contributed by atoms with Crippen LogP contribution in [0.25, 0.3) is 0 Å². The molecule has 2 rings (SSSR count). The molecule has 4 heteroatoms. The van der Waals surface area contributed by atoms with E-state index in [4.69, 9.17) is 14.2 Å². The molecule has 152 valence electrons. The summed E-state index contributed by atoms with van der Waals surface area (Å²) < 4.78 is 16.0. The van der Waals surface area contributed by atoms with Crippen molar-refractivity contribution in [2.24, 2.45) is 0 Å². The van der Waals surface area contributed by atoms with Gasteiger partial charge in [-0.15, -0.1) is 0 Å².